The van der Waals surface area contributed by atoms with Crippen LogP contribution in [0.4, 0.5) is 17.6 Å². The van der Waals surface area contributed by atoms with Crippen molar-refractivity contribution in [3.63, 3.8) is 0 Å². The van der Waals surface area contributed by atoms with E-state index in [-0.39, 0.29) is 47.1 Å². The zero-order chi connectivity index (χ0) is 49.5. The Kier molecular flexibility index (Phi) is 13.4. The summed E-state index contributed by atoms with van der Waals surface area (Å²) in [5.74, 6) is -3.07. The topological polar surface area (TPSA) is 220 Å². The molecule has 15 nitrogen and oxygen atoms in total. The van der Waals surface area contributed by atoms with E-state index in [0.717, 1.165) is 16.7 Å². The quantitative estimate of drug-likeness (QED) is 0.0753. The molecule has 0 spiro atoms. The van der Waals surface area contributed by atoms with Gasteiger partial charge in [-0.15, -0.1) is 0 Å². The number of aliphatic imine (C=N–C) groups is 2. The summed E-state index contributed by atoms with van der Waals surface area (Å²) < 4.78 is 64.8. The molecule has 2 heterocycles. The number of hydrogen-bond donors (Lipinski definition) is 4. The molecule has 0 radical (unpaired) electrons. The minimum Gasteiger partial charge on any atom is -0.481 e. The first-order valence-electron chi connectivity index (χ1n) is 21.5. The Bertz CT molecular complexity index is 2700. The van der Waals surface area contributed by atoms with Crippen LogP contribution in [0, 0.1) is 5.92 Å². The summed E-state index contributed by atoms with van der Waals surface area (Å²) in [7, 11) is 4.57. The van der Waals surface area contributed by atoms with E-state index in [9.17, 15) is 47.0 Å². The number of ether oxygens (including phenoxy) is 3. The first-order valence-corrected chi connectivity index (χ1v) is 21.5. The van der Waals surface area contributed by atoms with Crippen molar-refractivity contribution in [3.8, 4) is 11.5 Å². The number of allylic oxidation sites excluding steroid dienone is 1. The van der Waals surface area contributed by atoms with Crippen molar-refractivity contribution in [2.24, 2.45) is 27.4 Å². The molecule has 3 unspecified atom stereocenters. The third-order valence-corrected chi connectivity index (χ3v) is 13.6. The first kappa shape index (κ1) is 48.6. The Labute approximate surface area is 388 Å². The van der Waals surface area contributed by atoms with Gasteiger partial charge in [0.05, 0.1) is 11.5 Å². The summed E-state index contributed by atoms with van der Waals surface area (Å²) in [5.41, 5.74) is 13.5. The van der Waals surface area contributed by atoms with Crippen LogP contribution in [0.2, 0.25) is 0 Å². The molecule has 0 bridgehead atoms. The SMILES string of the molecule is CC(C(=O)O)=C1CC(c2cccc(C3(c4ccc(OC(F)F)cc4)N=C(N)N(C)C3=O)c2)C1.COC1(C(C)C(=O)O)CC(c2cccc(C3(c4ccc(OC(F)F)cc4)N=C(N)N(C)C3=O)c2)C1. The Balaban J connectivity index is 0.000000202. The normalized spacial score (nSPS) is 24.7. The van der Waals surface area contributed by atoms with Gasteiger partial charge < -0.3 is 35.9 Å². The van der Waals surface area contributed by atoms with Crippen LogP contribution in [0.5, 0.6) is 11.5 Å². The van der Waals surface area contributed by atoms with Crippen molar-refractivity contribution in [2.45, 2.75) is 81.3 Å². The van der Waals surface area contributed by atoms with Gasteiger partial charge in [-0.1, -0.05) is 78.4 Å². The Hall–Kier alpha value is -7.28. The van der Waals surface area contributed by atoms with E-state index in [2.05, 4.69) is 19.5 Å². The lowest BCUT2D eigenvalue weighted by atomic mass is 9.62. The number of amides is 2. The minimum atomic E-state index is -2.97. The average Bonchev–Trinajstić information content (AvgIpc) is 3.65. The van der Waals surface area contributed by atoms with Crippen LogP contribution in [0.1, 0.15) is 84.7 Å². The van der Waals surface area contributed by atoms with Crippen molar-refractivity contribution in [1.82, 2.24) is 9.80 Å². The van der Waals surface area contributed by atoms with Crippen LogP contribution >= 0.6 is 0 Å². The zero-order valence-electron chi connectivity index (χ0n) is 37.7. The number of rotatable bonds is 14. The van der Waals surface area contributed by atoms with E-state index in [1.165, 1.54) is 79.5 Å². The van der Waals surface area contributed by atoms with Crippen molar-refractivity contribution in [1.29, 1.82) is 0 Å². The number of benzene rings is 4. The van der Waals surface area contributed by atoms with Gasteiger partial charge in [-0.25, -0.2) is 14.8 Å². The van der Waals surface area contributed by atoms with Crippen LogP contribution in [0.3, 0.4) is 0 Å². The number of aliphatic carboxylic acids is 2. The summed E-state index contributed by atoms with van der Waals surface area (Å²) >= 11 is 0. The molecule has 0 saturated heterocycles. The van der Waals surface area contributed by atoms with Crippen LogP contribution in [0.25, 0.3) is 0 Å². The fourth-order valence-corrected chi connectivity index (χ4v) is 9.32. The van der Waals surface area contributed by atoms with Gasteiger partial charge in [-0.3, -0.25) is 24.2 Å². The largest absolute Gasteiger partial charge is 0.481 e. The maximum absolute atomic E-state index is 13.5. The molecule has 3 atom stereocenters. The molecule has 4 aliphatic rings. The number of carboxylic acids is 2. The number of methoxy groups -OCH3 is 1. The number of halogens is 4. The first-order chi connectivity index (χ1) is 32.2. The molecule has 68 heavy (non-hydrogen) atoms. The lowest BCUT2D eigenvalue weighted by Crippen LogP contribution is -2.52. The lowest BCUT2D eigenvalue weighted by Gasteiger charge is -2.49. The number of nitrogens with zero attached hydrogens (tertiary/aromatic N) is 4. The Morgan fingerprint density at radius 3 is 1.44 bits per heavy atom. The highest BCUT2D eigenvalue weighted by atomic mass is 19.3. The van der Waals surface area contributed by atoms with Gasteiger partial charge in [-0.2, -0.15) is 17.6 Å². The molecular formula is C49H50F4N6O9. The third kappa shape index (κ3) is 8.73. The highest BCUT2D eigenvalue weighted by molar-refractivity contribution is 6.09. The number of nitrogens with two attached hydrogens (primary N) is 2. The molecule has 2 fully saturated rings. The molecule has 19 heteroatoms. The van der Waals surface area contributed by atoms with Gasteiger partial charge in [0, 0.05) is 26.8 Å². The second-order valence-corrected chi connectivity index (χ2v) is 17.2. The molecule has 358 valence electrons. The van der Waals surface area contributed by atoms with Gasteiger partial charge in [0.25, 0.3) is 11.8 Å². The maximum Gasteiger partial charge on any atom is 0.387 e. The summed E-state index contributed by atoms with van der Waals surface area (Å²) in [4.78, 5) is 61.2. The van der Waals surface area contributed by atoms with E-state index < -0.39 is 47.8 Å². The number of carbonyl (C=O) groups is 4. The van der Waals surface area contributed by atoms with Crippen molar-refractivity contribution >= 4 is 35.7 Å². The monoisotopic (exact) mass is 942 g/mol. The molecule has 2 saturated carbocycles. The molecule has 6 N–H and O–H groups in total. The standard InChI is InChI=1S/C25H27F2N3O5.C24H23F2N3O4/c1-14(20(31)32)24(34-3)12-16(13-24)15-5-4-6-18(11-15)25(21(33)30(2)23(28)29-25)17-7-9-19(10-8-17)35-22(26)27;1-13(20(30)31)15-10-16(11-15)14-4-3-5-18(12-14)24(21(32)29(2)23(27)28-24)17-6-8-19(9-7-17)33-22(25)26/h4-11,14,16,22H,12-13H2,1-3H3,(H2,28,29)(H,31,32);3-9,12,16,22H,10-11H2,1-2H3,(H2,27,28)(H,30,31). The predicted molar refractivity (Wildman–Crippen MR) is 240 cm³/mol. The van der Waals surface area contributed by atoms with E-state index >= 15 is 0 Å². The van der Waals surface area contributed by atoms with Crippen LogP contribution < -0.4 is 20.9 Å². The molecular weight excluding hydrogens is 893 g/mol. The Morgan fingerprint density at radius 1 is 0.691 bits per heavy atom. The van der Waals surface area contributed by atoms with Gasteiger partial charge in [0.1, 0.15) is 11.5 Å². The number of carboxylic acid groups (broad SMARTS) is 2. The number of likely N-dealkylation sites (N-methyl/N-ethyl adjacent to an activating group) is 2. The summed E-state index contributed by atoms with van der Waals surface area (Å²) in [6.45, 7) is -2.68. The lowest BCUT2D eigenvalue weighted by molar-refractivity contribution is -0.167. The summed E-state index contributed by atoms with van der Waals surface area (Å²) in [6.07, 6.45) is 2.31. The molecule has 2 aliphatic heterocycles. The average molecular weight is 943 g/mol. The van der Waals surface area contributed by atoms with E-state index in [0.29, 0.717) is 53.5 Å². The molecule has 2 amide bonds. The van der Waals surface area contributed by atoms with Crippen molar-refractivity contribution in [2.75, 3.05) is 21.2 Å². The maximum atomic E-state index is 13.5. The van der Waals surface area contributed by atoms with Crippen molar-refractivity contribution < 1.29 is 61.2 Å². The van der Waals surface area contributed by atoms with Crippen molar-refractivity contribution in [3.05, 3.63) is 142 Å². The van der Waals surface area contributed by atoms with Crippen LogP contribution in [0.15, 0.2) is 118 Å². The summed E-state index contributed by atoms with van der Waals surface area (Å²) in [6, 6.07) is 26.3. The highest BCUT2D eigenvalue weighted by Gasteiger charge is 2.54. The highest BCUT2D eigenvalue weighted by Crippen LogP contribution is 2.52. The predicted octanol–water partition coefficient (Wildman–Crippen LogP) is 6.90. The van der Waals surface area contributed by atoms with E-state index in [1.54, 1.807) is 26.0 Å². The molecule has 4 aromatic rings. The van der Waals surface area contributed by atoms with Crippen LogP contribution in [-0.2, 0) is 35.0 Å². The fraction of sp³-hybridized carbons (Fsp3) is 0.347. The number of guanidine groups is 2. The third-order valence-electron chi connectivity index (χ3n) is 13.6. The Morgan fingerprint density at radius 2 is 1.10 bits per heavy atom. The second kappa shape index (κ2) is 18.8. The van der Waals surface area contributed by atoms with Gasteiger partial charge in [-0.05, 0) is 109 Å². The second-order valence-electron chi connectivity index (χ2n) is 17.2. The number of carbonyl (C=O) groups excluding carboxylic acids is 2. The molecule has 8 rings (SSSR count). The van der Waals surface area contributed by atoms with Gasteiger partial charge >= 0.3 is 25.2 Å². The number of alkyl halides is 4. The fourth-order valence-electron chi connectivity index (χ4n) is 9.32. The minimum absolute atomic E-state index is 0.0315. The van der Waals surface area contributed by atoms with Crippen LogP contribution in [-0.4, -0.2) is 95.7 Å². The van der Waals surface area contributed by atoms with E-state index in [4.69, 9.17) is 16.2 Å². The molecule has 2 aliphatic carbocycles. The van der Waals surface area contributed by atoms with E-state index in [1.807, 2.05) is 36.4 Å². The summed E-state index contributed by atoms with van der Waals surface area (Å²) in [5, 5.41) is 18.7. The number of hydrogen-bond acceptors (Lipinski definition) is 11. The molecule has 0 aromatic heterocycles. The van der Waals surface area contributed by atoms with Gasteiger partial charge in [0.15, 0.2) is 23.0 Å². The molecule has 4 aromatic carbocycles. The van der Waals surface area contributed by atoms with Gasteiger partial charge in [0.2, 0.25) is 0 Å². The zero-order valence-corrected chi connectivity index (χ0v) is 37.7. The smallest absolute Gasteiger partial charge is 0.387 e.